The van der Waals surface area contributed by atoms with Crippen LogP contribution in [-0.4, -0.2) is 68.3 Å². The zero-order chi connectivity index (χ0) is 54.4. The molecule has 6 rings (SSSR count). The van der Waals surface area contributed by atoms with Crippen LogP contribution in [0.4, 0.5) is 84.2 Å². The van der Waals surface area contributed by atoms with Crippen LogP contribution in [0.5, 0.6) is 11.5 Å². The van der Waals surface area contributed by atoms with Crippen molar-refractivity contribution in [3.8, 4) is 11.5 Å². The van der Waals surface area contributed by atoms with Gasteiger partial charge in [0.1, 0.15) is 22.6 Å². The van der Waals surface area contributed by atoms with Crippen molar-refractivity contribution in [1.82, 2.24) is 0 Å². The van der Waals surface area contributed by atoms with E-state index in [1.165, 1.54) is 0 Å². The van der Waals surface area contributed by atoms with Gasteiger partial charge in [0, 0.05) is 22.5 Å². The summed E-state index contributed by atoms with van der Waals surface area (Å²) in [7, 11) is 0. The summed E-state index contributed by atoms with van der Waals surface area (Å²) in [5.41, 5.74) is -21.2. The molecule has 4 amide bonds. The molecule has 0 aliphatic rings. The summed E-state index contributed by atoms with van der Waals surface area (Å²) in [6, 6.07) is 7.67. The molecule has 0 bridgehead atoms. The maximum absolute atomic E-state index is 15.3. The van der Waals surface area contributed by atoms with Crippen molar-refractivity contribution in [2.75, 3.05) is 21.3 Å². The maximum Gasteiger partial charge on any atom is 0.411 e. The number of rotatable bonds is 12. The molecule has 0 aliphatic carbocycles. The molecule has 0 aliphatic heterocycles. The number of aromatic carboxylic acids is 2. The quantitative estimate of drug-likeness (QED) is 0.0250. The van der Waals surface area contributed by atoms with E-state index in [0.29, 0.717) is 12.1 Å². The van der Waals surface area contributed by atoms with Crippen LogP contribution < -0.4 is 21.3 Å². The summed E-state index contributed by atoms with van der Waals surface area (Å²) in [5.74, 6) is -34.1. The molecule has 8 N–H and O–H groups in total. The number of anilines is 4. The summed E-state index contributed by atoms with van der Waals surface area (Å²) in [5, 5.41) is 46.8. The first-order valence-corrected chi connectivity index (χ1v) is 19.4. The van der Waals surface area contributed by atoms with E-state index >= 15 is 26.3 Å². The minimum absolute atomic E-state index is 0.0264. The second-order valence-corrected chi connectivity index (χ2v) is 14.8. The minimum atomic E-state index is -6.44. The number of halogens is 14. The largest absolute Gasteiger partial charge is 0.506 e. The number of hydrogen-bond acceptors (Lipinski definition) is 8. The number of phenolic OH excluding ortho intramolecular Hbond substituents is 2. The van der Waals surface area contributed by atoms with E-state index in [9.17, 15) is 84.3 Å². The van der Waals surface area contributed by atoms with Gasteiger partial charge >= 0.3 is 24.3 Å². The predicted molar refractivity (Wildman–Crippen MR) is 220 cm³/mol. The Balaban J connectivity index is 1.31. The van der Waals surface area contributed by atoms with Crippen molar-refractivity contribution in [2.24, 2.45) is 0 Å². The maximum atomic E-state index is 15.3. The third kappa shape index (κ3) is 9.67. The molecule has 0 aromatic heterocycles. The van der Waals surface area contributed by atoms with E-state index in [2.05, 4.69) is 0 Å². The molecule has 380 valence electrons. The number of carbonyl (C=O) groups is 6. The fourth-order valence-corrected chi connectivity index (χ4v) is 7.06. The van der Waals surface area contributed by atoms with Crippen LogP contribution in [-0.2, 0) is 5.41 Å². The molecule has 0 fully saturated rings. The lowest BCUT2D eigenvalue weighted by molar-refractivity contribution is -0.288. The van der Waals surface area contributed by atoms with Crippen molar-refractivity contribution < 1.29 is 111 Å². The summed E-state index contributed by atoms with van der Waals surface area (Å²) in [4.78, 5) is 75.3. The van der Waals surface area contributed by atoms with Crippen molar-refractivity contribution in [3.63, 3.8) is 0 Å². The van der Waals surface area contributed by atoms with Crippen LogP contribution >= 0.6 is 0 Å². The number of hydrogen-bond donors (Lipinski definition) is 8. The highest BCUT2D eigenvalue weighted by molar-refractivity contribution is 6.13. The van der Waals surface area contributed by atoms with E-state index in [1.807, 2.05) is 10.6 Å². The van der Waals surface area contributed by atoms with Gasteiger partial charge in [0.15, 0.2) is 46.5 Å². The molecule has 0 radical (unpaired) electrons. The van der Waals surface area contributed by atoms with Crippen LogP contribution in [0.15, 0.2) is 84.9 Å². The zero-order valence-corrected chi connectivity index (χ0v) is 35.1. The van der Waals surface area contributed by atoms with Gasteiger partial charge in [-0.3, -0.25) is 19.2 Å². The van der Waals surface area contributed by atoms with Gasteiger partial charge in [-0.05, 0) is 71.8 Å². The zero-order valence-electron chi connectivity index (χ0n) is 35.1. The minimum Gasteiger partial charge on any atom is -0.506 e. The van der Waals surface area contributed by atoms with Gasteiger partial charge < -0.3 is 41.7 Å². The molecule has 6 aromatic rings. The average Bonchev–Trinajstić information content (AvgIpc) is 3.30. The number of alkyl halides is 6. The lowest BCUT2D eigenvalue weighted by atomic mass is 9.72. The standard InChI is InChI=1S/C45H22F14N4O10/c46-29-25(27(41(70)71)31(48)35(52)33(29)50)39(68)60-19-5-1-3-15(11-19)37(66)62-21-13-17(7-9-23(21)64)43(44(54,55)56,45(57,58)59)18-8-10-24(65)22(14-18)63-38(67)16-4-2-6-20(12-16)61-40(69)26-28(42(72)73)32(49)36(53)34(51)30(26)47/h1-14,64-65H,(H,60,68)(H,61,69)(H,62,66)(H,63,67)(H,70,71)(H,72,73). The van der Waals surface area contributed by atoms with E-state index in [1.54, 1.807) is 10.6 Å². The molecule has 0 saturated heterocycles. The Kier molecular flexibility index (Phi) is 14.2. The molecular formula is C45H22F14N4O10. The van der Waals surface area contributed by atoms with Gasteiger partial charge in [0.05, 0.1) is 22.5 Å². The SMILES string of the molecule is O=C(Nc1cc(C(c2ccc(O)c(NC(=O)c3cccc(NC(=O)c4c(F)c(F)c(F)c(F)c4C(=O)O)c3)c2)(C(F)(F)F)C(F)(F)F)ccc1O)c1cccc(NC(=O)c2c(F)c(F)c(F)c(F)c2C(=O)O)c1. The second kappa shape index (κ2) is 19.5. The molecule has 0 saturated carbocycles. The van der Waals surface area contributed by atoms with Gasteiger partial charge in [-0.2, -0.15) is 26.3 Å². The molecule has 0 atom stereocenters. The number of nitrogens with one attached hydrogen (secondary N) is 4. The fraction of sp³-hybridized carbons (Fsp3) is 0.0667. The Morgan fingerprint density at radius 1 is 0.384 bits per heavy atom. The van der Waals surface area contributed by atoms with E-state index in [0.717, 1.165) is 36.4 Å². The van der Waals surface area contributed by atoms with Gasteiger partial charge in [-0.15, -0.1) is 0 Å². The molecule has 0 heterocycles. The number of benzene rings is 6. The third-order valence-corrected chi connectivity index (χ3v) is 10.4. The summed E-state index contributed by atoms with van der Waals surface area (Å²) < 4.78 is 205. The van der Waals surface area contributed by atoms with Gasteiger partial charge in [0.2, 0.25) is 5.41 Å². The van der Waals surface area contributed by atoms with Gasteiger partial charge in [-0.1, -0.05) is 24.3 Å². The monoisotopic (exact) mass is 1040 g/mol. The first-order chi connectivity index (χ1) is 33.9. The van der Waals surface area contributed by atoms with Crippen LogP contribution in [0.2, 0.25) is 0 Å². The van der Waals surface area contributed by atoms with E-state index < -0.39 is 179 Å². The van der Waals surface area contributed by atoms with E-state index in [-0.39, 0.29) is 36.4 Å². The van der Waals surface area contributed by atoms with Crippen LogP contribution in [0.3, 0.4) is 0 Å². The molecule has 0 unspecified atom stereocenters. The molecule has 14 nitrogen and oxygen atoms in total. The Morgan fingerprint density at radius 2 is 0.699 bits per heavy atom. The Morgan fingerprint density at radius 3 is 1.00 bits per heavy atom. The molecule has 73 heavy (non-hydrogen) atoms. The van der Waals surface area contributed by atoms with Gasteiger partial charge in [-0.25, -0.2) is 44.7 Å². The Hall–Kier alpha value is -9.24. The van der Waals surface area contributed by atoms with Crippen LogP contribution in [0, 0.1) is 46.5 Å². The van der Waals surface area contributed by atoms with Crippen molar-refractivity contribution in [1.29, 1.82) is 0 Å². The Bertz CT molecular complexity index is 3130. The number of phenols is 2. The number of aromatic hydroxyl groups is 2. The lowest BCUT2D eigenvalue weighted by Gasteiger charge is -2.38. The highest BCUT2D eigenvalue weighted by Crippen LogP contribution is 2.57. The molecule has 28 heteroatoms. The smallest absolute Gasteiger partial charge is 0.411 e. The number of carboxylic acids is 2. The molecule has 6 aromatic carbocycles. The summed E-state index contributed by atoms with van der Waals surface area (Å²) in [6.07, 6.45) is -12.9. The van der Waals surface area contributed by atoms with Crippen molar-refractivity contribution >= 4 is 58.3 Å². The third-order valence-electron chi connectivity index (χ3n) is 10.4. The summed E-state index contributed by atoms with van der Waals surface area (Å²) >= 11 is 0. The first-order valence-electron chi connectivity index (χ1n) is 19.4. The number of amides is 4. The molecular weight excluding hydrogens is 1020 g/mol. The predicted octanol–water partition coefficient (Wildman–Crippen LogP) is 10.0. The summed E-state index contributed by atoms with van der Waals surface area (Å²) in [6.45, 7) is 0. The first kappa shape index (κ1) is 53.1. The van der Waals surface area contributed by atoms with Crippen LogP contribution in [0.25, 0.3) is 0 Å². The topological polar surface area (TPSA) is 231 Å². The number of carbonyl (C=O) groups excluding carboxylic acids is 4. The fourth-order valence-electron chi connectivity index (χ4n) is 7.06. The van der Waals surface area contributed by atoms with Crippen LogP contribution in [0.1, 0.15) is 73.3 Å². The molecule has 0 spiro atoms. The average molecular weight is 1040 g/mol. The lowest BCUT2D eigenvalue weighted by Crippen LogP contribution is -2.54. The Labute approximate surface area is 395 Å². The van der Waals surface area contributed by atoms with Gasteiger partial charge in [0.25, 0.3) is 23.6 Å². The van der Waals surface area contributed by atoms with E-state index in [4.69, 9.17) is 0 Å². The normalized spacial score (nSPS) is 11.7. The second-order valence-electron chi connectivity index (χ2n) is 14.8. The van der Waals surface area contributed by atoms with Crippen molar-refractivity contribution in [2.45, 2.75) is 17.8 Å². The highest BCUT2D eigenvalue weighted by Gasteiger charge is 2.72. The highest BCUT2D eigenvalue weighted by atomic mass is 19.4. The van der Waals surface area contributed by atoms with Crippen molar-refractivity contribution in [3.05, 3.63) is 176 Å². The number of carboxylic acid groups (broad SMARTS) is 2.